The van der Waals surface area contributed by atoms with Gasteiger partial charge in [0, 0.05) is 31.8 Å². The molecule has 162 valence electrons. The quantitative estimate of drug-likeness (QED) is 0.698. The van der Waals surface area contributed by atoms with E-state index in [9.17, 15) is 4.79 Å². The topological polar surface area (TPSA) is 84.7 Å². The van der Waals surface area contributed by atoms with E-state index in [2.05, 4.69) is 17.1 Å². The number of likely N-dealkylation sites (tertiary alicyclic amines) is 1. The Morgan fingerprint density at radius 1 is 1.23 bits per heavy atom. The summed E-state index contributed by atoms with van der Waals surface area (Å²) in [6.07, 6.45) is 2.91. The highest BCUT2D eigenvalue weighted by Gasteiger charge is 2.42. The Bertz CT molecular complexity index is 1010. The molecule has 0 radical (unpaired) electrons. The first-order chi connectivity index (χ1) is 14.7. The Morgan fingerprint density at radius 3 is 2.58 bits per heavy atom. The number of rotatable bonds is 2. The van der Waals surface area contributed by atoms with Crippen molar-refractivity contribution in [3.05, 3.63) is 53.3 Å². The Kier molecular flexibility index (Phi) is 5.26. The molecule has 1 atom stereocenters. The molecule has 2 aliphatic heterocycles. The molecule has 0 N–H and O–H groups in total. The van der Waals surface area contributed by atoms with Crippen molar-refractivity contribution in [2.24, 2.45) is 0 Å². The molecule has 0 bridgehead atoms. The van der Waals surface area contributed by atoms with Crippen molar-refractivity contribution in [2.45, 2.75) is 57.8 Å². The number of carbonyl (C=O) groups excluding carboxylic acids is 1. The van der Waals surface area contributed by atoms with Crippen LogP contribution in [0.5, 0.6) is 11.5 Å². The first kappa shape index (κ1) is 21.0. The van der Waals surface area contributed by atoms with E-state index < -0.39 is 11.4 Å². The van der Waals surface area contributed by atoms with Crippen molar-refractivity contribution in [1.82, 2.24) is 9.88 Å². The van der Waals surface area contributed by atoms with Crippen molar-refractivity contribution in [2.75, 3.05) is 13.1 Å². The van der Waals surface area contributed by atoms with Crippen molar-refractivity contribution in [3.8, 4) is 17.6 Å². The van der Waals surface area contributed by atoms with Gasteiger partial charge >= 0.3 is 6.09 Å². The molecule has 4 rings (SSSR count). The highest BCUT2D eigenvalue weighted by atomic mass is 16.7. The minimum atomic E-state index is -1.05. The van der Waals surface area contributed by atoms with Gasteiger partial charge in [0.15, 0.2) is 11.5 Å². The van der Waals surface area contributed by atoms with E-state index in [0.717, 1.165) is 24.2 Å². The summed E-state index contributed by atoms with van der Waals surface area (Å²) in [6.45, 7) is 8.74. The zero-order valence-electron chi connectivity index (χ0n) is 18.3. The molecule has 0 saturated carbocycles. The number of fused-ring (bicyclic) bond motifs is 1. The van der Waals surface area contributed by atoms with Crippen LogP contribution in [0.15, 0.2) is 36.5 Å². The monoisotopic (exact) mass is 421 g/mol. The minimum Gasteiger partial charge on any atom is -0.444 e. The predicted molar refractivity (Wildman–Crippen MR) is 114 cm³/mol. The van der Waals surface area contributed by atoms with Crippen molar-refractivity contribution in [1.29, 1.82) is 5.26 Å². The summed E-state index contributed by atoms with van der Waals surface area (Å²) in [5, 5.41) is 9.00. The van der Waals surface area contributed by atoms with Gasteiger partial charge in [0.1, 0.15) is 17.4 Å². The fraction of sp³-hybridized carbons (Fsp3) is 0.458. The van der Waals surface area contributed by atoms with E-state index in [1.165, 1.54) is 6.20 Å². The van der Waals surface area contributed by atoms with Crippen LogP contribution in [0.2, 0.25) is 0 Å². The standard InChI is InChI=1S/C24H27N3O4/c1-23(2,3)31-22(28)27-12-10-17(11-13-27)18-6-5-7-19-21(18)30-24(4,29-19)20-9-8-16(14-25)15-26-20/h5-9,15,17H,10-13H2,1-4H3. The van der Waals surface area contributed by atoms with E-state index in [-0.39, 0.29) is 12.0 Å². The molecule has 7 heteroatoms. The zero-order chi connectivity index (χ0) is 22.2. The lowest BCUT2D eigenvalue weighted by molar-refractivity contribution is -0.0722. The molecule has 1 amide bonds. The average Bonchev–Trinajstić information content (AvgIpc) is 3.10. The van der Waals surface area contributed by atoms with Crippen LogP contribution in [0, 0.1) is 11.3 Å². The second-order valence-electron chi connectivity index (χ2n) is 9.11. The first-order valence-electron chi connectivity index (χ1n) is 10.5. The van der Waals surface area contributed by atoms with Gasteiger partial charge in [0.25, 0.3) is 5.79 Å². The predicted octanol–water partition coefficient (Wildman–Crippen LogP) is 4.71. The number of amides is 1. The Morgan fingerprint density at radius 2 is 1.97 bits per heavy atom. The van der Waals surface area contributed by atoms with Gasteiger partial charge < -0.3 is 19.1 Å². The number of ether oxygens (including phenoxy) is 3. The van der Waals surface area contributed by atoms with Crippen LogP contribution < -0.4 is 9.47 Å². The summed E-state index contributed by atoms with van der Waals surface area (Å²) in [5.41, 5.74) is 1.68. The lowest BCUT2D eigenvalue weighted by atomic mass is 9.89. The highest BCUT2D eigenvalue weighted by Crippen LogP contribution is 2.49. The van der Waals surface area contributed by atoms with E-state index in [0.29, 0.717) is 30.1 Å². The van der Waals surface area contributed by atoms with Gasteiger partial charge in [-0.1, -0.05) is 12.1 Å². The van der Waals surface area contributed by atoms with Crippen molar-refractivity contribution in [3.63, 3.8) is 0 Å². The molecular weight excluding hydrogens is 394 g/mol. The SMILES string of the molecule is CC(C)(C)OC(=O)N1CCC(c2cccc3c2OC(C)(c2ccc(C#N)cn2)O3)CC1. The molecule has 2 aromatic rings. The number of carbonyl (C=O) groups is 1. The van der Waals surface area contributed by atoms with Crippen LogP contribution in [0.25, 0.3) is 0 Å². The van der Waals surface area contributed by atoms with Crippen LogP contribution in [0.3, 0.4) is 0 Å². The molecule has 1 unspecified atom stereocenters. The van der Waals surface area contributed by atoms with Crippen molar-refractivity contribution < 1.29 is 19.0 Å². The molecule has 1 aromatic carbocycles. The van der Waals surface area contributed by atoms with Gasteiger partial charge in [-0.15, -0.1) is 0 Å². The molecule has 1 aromatic heterocycles. The third kappa shape index (κ3) is 4.29. The van der Waals surface area contributed by atoms with Crippen LogP contribution in [-0.4, -0.2) is 34.7 Å². The molecule has 31 heavy (non-hydrogen) atoms. The molecule has 0 spiro atoms. The van der Waals surface area contributed by atoms with Gasteiger partial charge in [-0.25, -0.2) is 4.79 Å². The molecular formula is C24H27N3O4. The number of nitriles is 1. The van der Waals surface area contributed by atoms with Gasteiger partial charge in [-0.2, -0.15) is 5.26 Å². The Hall–Kier alpha value is -3.27. The number of benzene rings is 1. The maximum absolute atomic E-state index is 12.4. The zero-order valence-corrected chi connectivity index (χ0v) is 18.3. The van der Waals surface area contributed by atoms with Crippen LogP contribution >= 0.6 is 0 Å². The number of para-hydroxylation sites is 1. The van der Waals surface area contributed by atoms with Gasteiger partial charge in [-0.05, 0) is 57.7 Å². The minimum absolute atomic E-state index is 0.258. The Balaban J connectivity index is 1.49. The van der Waals surface area contributed by atoms with Crippen LogP contribution in [0.4, 0.5) is 4.79 Å². The number of pyridine rings is 1. The van der Waals surface area contributed by atoms with Gasteiger partial charge in [-0.3, -0.25) is 4.98 Å². The van der Waals surface area contributed by atoms with Gasteiger partial charge in [0.05, 0.1) is 5.56 Å². The maximum atomic E-state index is 12.4. The lowest BCUT2D eigenvalue weighted by Gasteiger charge is -2.34. The molecule has 7 nitrogen and oxygen atoms in total. The summed E-state index contributed by atoms with van der Waals surface area (Å²) in [5.74, 6) is 0.616. The van der Waals surface area contributed by atoms with E-state index >= 15 is 0 Å². The summed E-state index contributed by atoms with van der Waals surface area (Å²) in [7, 11) is 0. The number of aromatic nitrogens is 1. The number of nitrogens with zero attached hydrogens (tertiary/aromatic N) is 3. The van der Waals surface area contributed by atoms with Gasteiger partial charge in [0.2, 0.25) is 0 Å². The lowest BCUT2D eigenvalue weighted by Crippen LogP contribution is -2.41. The summed E-state index contributed by atoms with van der Waals surface area (Å²) in [4.78, 5) is 18.5. The average molecular weight is 421 g/mol. The third-order valence-corrected chi connectivity index (χ3v) is 5.56. The van der Waals surface area contributed by atoms with Crippen molar-refractivity contribution >= 4 is 6.09 Å². The fourth-order valence-electron chi connectivity index (χ4n) is 4.00. The summed E-state index contributed by atoms with van der Waals surface area (Å²) < 4.78 is 18.0. The molecule has 3 heterocycles. The fourth-order valence-corrected chi connectivity index (χ4v) is 4.00. The molecule has 0 aliphatic carbocycles. The molecule has 2 aliphatic rings. The molecule has 1 saturated heterocycles. The Labute approximate surface area is 182 Å². The van der Waals surface area contributed by atoms with Crippen LogP contribution in [-0.2, 0) is 10.5 Å². The van der Waals surface area contributed by atoms with E-state index in [4.69, 9.17) is 19.5 Å². The maximum Gasteiger partial charge on any atom is 0.410 e. The number of hydrogen-bond donors (Lipinski definition) is 0. The second-order valence-corrected chi connectivity index (χ2v) is 9.11. The second kappa shape index (κ2) is 7.77. The number of piperidine rings is 1. The van der Waals surface area contributed by atoms with Crippen LogP contribution in [0.1, 0.15) is 63.3 Å². The summed E-state index contributed by atoms with van der Waals surface area (Å²) in [6, 6.07) is 11.5. The third-order valence-electron chi connectivity index (χ3n) is 5.56. The van der Waals surface area contributed by atoms with E-state index in [1.807, 2.05) is 39.8 Å². The summed E-state index contributed by atoms with van der Waals surface area (Å²) >= 11 is 0. The largest absolute Gasteiger partial charge is 0.444 e. The molecule has 1 fully saturated rings. The number of hydrogen-bond acceptors (Lipinski definition) is 6. The normalized spacial score (nSPS) is 20.9. The highest BCUT2D eigenvalue weighted by molar-refractivity contribution is 5.68. The smallest absolute Gasteiger partial charge is 0.410 e. The van der Waals surface area contributed by atoms with E-state index in [1.54, 1.807) is 17.0 Å². The first-order valence-corrected chi connectivity index (χ1v) is 10.5.